The number of carbonyl (C=O) groups excluding carboxylic acids is 1. The van der Waals surface area contributed by atoms with Crippen molar-refractivity contribution in [1.29, 1.82) is 0 Å². The highest BCUT2D eigenvalue weighted by Gasteiger charge is 2.47. The zero-order chi connectivity index (χ0) is 18.8. The minimum Gasteiger partial charge on any atom is -0.445 e. The Hall–Kier alpha value is -2.88. The van der Waals surface area contributed by atoms with Crippen LogP contribution < -0.4 is 0 Å². The van der Waals surface area contributed by atoms with E-state index in [1.54, 1.807) is 4.90 Å². The molecule has 1 saturated carbocycles. The summed E-state index contributed by atoms with van der Waals surface area (Å²) in [5.41, 5.74) is 1.92. The van der Waals surface area contributed by atoms with Crippen LogP contribution in [0.2, 0.25) is 0 Å². The largest absolute Gasteiger partial charge is 0.445 e. The van der Waals surface area contributed by atoms with Gasteiger partial charge in [0.1, 0.15) is 12.8 Å². The Balaban J connectivity index is 1.59. The maximum atomic E-state index is 13.9. The lowest BCUT2D eigenvalue weighted by Gasteiger charge is -2.29. The molecule has 0 N–H and O–H groups in total. The van der Waals surface area contributed by atoms with E-state index in [4.69, 9.17) is 4.74 Å². The molecule has 3 nitrogen and oxygen atoms in total. The number of alkyl halides is 1. The molecule has 4 heteroatoms. The molecule has 0 radical (unpaired) electrons. The maximum Gasteiger partial charge on any atom is 0.410 e. The molecule has 0 unspecified atom stereocenters. The molecule has 3 atom stereocenters. The molecule has 0 aromatic heterocycles. The summed E-state index contributed by atoms with van der Waals surface area (Å²) in [6.45, 7) is 2.12. The smallest absolute Gasteiger partial charge is 0.410 e. The van der Waals surface area contributed by atoms with Crippen molar-refractivity contribution >= 4 is 16.9 Å². The lowest BCUT2D eigenvalue weighted by molar-refractivity contribution is 0.0763. The van der Waals surface area contributed by atoms with E-state index in [1.165, 1.54) is 0 Å². The van der Waals surface area contributed by atoms with Gasteiger partial charge in [-0.15, -0.1) is 0 Å². The van der Waals surface area contributed by atoms with E-state index < -0.39 is 18.3 Å². The summed E-state index contributed by atoms with van der Waals surface area (Å²) >= 11 is 0. The molecule has 0 heterocycles. The van der Waals surface area contributed by atoms with E-state index in [0.29, 0.717) is 6.42 Å². The van der Waals surface area contributed by atoms with Gasteiger partial charge in [0.15, 0.2) is 0 Å². The fourth-order valence-corrected chi connectivity index (χ4v) is 3.58. The number of fused-ring (bicyclic) bond motifs is 1. The number of ether oxygens (including phenoxy) is 1. The predicted octanol–water partition coefficient (Wildman–Crippen LogP) is 5.65. The number of nitrogens with zero attached hydrogens (tertiary/aromatic N) is 1. The average Bonchev–Trinajstić information content (AvgIpc) is 3.42. The molecule has 3 aromatic carbocycles. The Labute approximate surface area is 158 Å². The minimum atomic E-state index is -0.980. The SMILES string of the molecule is C[C@@H](c1cccc2ccccc12)N(C(=O)OCc1ccccc1)[C@@H]1C[C@@H]1F. The van der Waals surface area contributed by atoms with Crippen molar-refractivity contribution in [1.82, 2.24) is 4.90 Å². The number of amides is 1. The van der Waals surface area contributed by atoms with Crippen LogP contribution in [0, 0.1) is 0 Å². The maximum absolute atomic E-state index is 13.9. The van der Waals surface area contributed by atoms with Crippen molar-refractivity contribution in [2.45, 2.75) is 38.2 Å². The van der Waals surface area contributed by atoms with Gasteiger partial charge < -0.3 is 4.74 Å². The van der Waals surface area contributed by atoms with E-state index in [2.05, 4.69) is 0 Å². The van der Waals surface area contributed by atoms with Gasteiger partial charge in [-0.05, 0) is 28.8 Å². The zero-order valence-electron chi connectivity index (χ0n) is 15.2. The van der Waals surface area contributed by atoms with Gasteiger partial charge in [-0.1, -0.05) is 72.8 Å². The number of hydrogen-bond acceptors (Lipinski definition) is 2. The molecule has 3 aromatic rings. The quantitative estimate of drug-likeness (QED) is 0.586. The van der Waals surface area contributed by atoms with Crippen molar-refractivity contribution in [2.75, 3.05) is 0 Å². The van der Waals surface area contributed by atoms with Gasteiger partial charge in [0.2, 0.25) is 0 Å². The topological polar surface area (TPSA) is 29.5 Å². The number of rotatable bonds is 5. The van der Waals surface area contributed by atoms with Crippen LogP contribution in [-0.4, -0.2) is 23.2 Å². The van der Waals surface area contributed by atoms with Crippen LogP contribution in [0.1, 0.15) is 30.5 Å². The first kappa shape index (κ1) is 17.5. The summed E-state index contributed by atoms with van der Waals surface area (Å²) in [5.74, 6) is 0. The van der Waals surface area contributed by atoms with Gasteiger partial charge in [-0.2, -0.15) is 0 Å². The van der Waals surface area contributed by atoms with E-state index in [0.717, 1.165) is 21.9 Å². The van der Waals surface area contributed by atoms with E-state index >= 15 is 0 Å². The highest BCUT2D eigenvalue weighted by molar-refractivity contribution is 5.86. The number of carbonyl (C=O) groups is 1. The van der Waals surface area contributed by atoms with Gasteiger partial charge in [0.25, 0.3) is 0 Å². The lowest BCUT2D eigenvalue weighted by Crippen LogP contribution is -2.37. The first-order valence-electron chi connectivity index (χ1n) is 9.26. The summed E-state index contributed by atoms with van der Waals surface area (Å²) < 4.78 is 19.4. The lowest BCUT2D eigenvalue weighted by atomic mass is 9.99. The van der Waals surface area contributed by atoms with Gasteiger partial charge in [-0.3, -0.25) is 4.90 Å². The van der Waals surface area contributed by atoms with E-state index in [-0.39, 0.29) is 12.6 Å². The van der Waals surface area contributed by atoms with Crippen molar-refractivity contribution in [3.8, 4) is 0 Å². The molecule has 4 rings (SSSR count). The molecule has 0 aliphatic heterocycles. The number of halogens is 1. The molecule has 0 saturated heterocycles. The molecule has 0 bridgehead atoms. The zero-order valence-corrected chi connectivity index (χ0v) is 15.2. The standard InChI is InChI=1S/C23H22FNO2/c1-16(19-13-7-11-18-10-5-6-12-20(18)19)25(22-14-21(22)24)23(26)27-15-17-8-3-2-4-9-17/h2-13,16,21-22H,14-15H2,1H3/t16-,21-,22+/m0/s1. The normalized spacial score (nSPS) is 19.5. The molecule has 138 valence electrons. The molecule has 1 fully saturated rings. The second kappa shape index (κ2) is 7.39. The van der Waals surface area contributed by atoms with Crippen LogP contribution in [0.4, 0.5) is 9.18 Å². The summed E-state index contributed by atoms with van der Waals surface area (Å²) in [4.78, 5) is 14.4. The molecule has 1 aliphatic rings. The summed E-state index contributed by atoms with van der Waals surface area (Å²) in [6, 6.07) is 22.9. The Kier molecular flexibility index (Phi) is 4.80. The van der Waals surface area contributed by atoms with Crippen molar-refractivity contribution in [3.05, 3.63) is 83.9 Å². The van der Waals surface area contributed by atoms with Gasteiger partial charge in [-0.25, -0.2) is 9.18 Å². The molecule has 0 spiro atoms. The van der Waals surface area contributed by atoms with Crippen LogP contribution in [0.5, 0.6) is 0 Å². The van der Waals surface area contributed by atoms with Crippen LogP contribution in [0.3, 0.4) is 0 Å². The van der Waals surface area contributed by atoms with Crippen LogP contribution in [0.25, 0.3) is 10.8 Å². The molecular formula is C23H22FNO2. The van der Waals surface area contributed by atoms with Crippen molar-refractivity contribution in [3.63, 3.8) is 0 Å². The highest BCUT2D eigenvalue weighted by Crippen LogP contribution is 2.39. The second-order valence-corrected chi connectivity index (χ2v) is 7.01. The molecular weight excluding hydrogens is 341 g/mol. The molecule has 1 amide bonds. The molecule has 27 heavy (non-hydrogen) atoms. The Morgan fingerprint density at radius 2 is 1.74 bits per heavy atom. The average molecular weight is 363 g/mol. The first-order valence-corrected chi connectivity index (χ1v) is 9.26. The van der Waals surface area contributed by atoms with Crippen molar-refractivity contribution in [2.24, 2.45) is 0 Å². The van der Waals surface area contributed by atoms with Crippen LogP contribution in [-0.2, 0) is 11.3 Å². The summed E-state index contributed by atoms with van der Waals surface area (Å²) in [7, 11) is 0. The Morgan fingerprint density at radius 1 is 1.07 bits per heavy atom. The Morgan fingerprint density at radius 3 is 2.48 bits per heavy atom. The van der Waals surface area contributed by atoms with Crippen LogP contribution in [0.15, 0.2) is 72.8 Å². The predicted molar refractivity (Wildman–Crippen MR) is 104 cm³/mol. The fourth-order valence-electron chi connectivity index (χ4n) is 3.58. The first-order chi connectivity index (χ1) is 13.1. The highest BCUT2D eigenvalue weighted by atomic mass is 19.1. The number of hydrogen-bond donors (Lipinski definition) is 0. The third-order valence-electron chi connectivity index (χ3n) is 5.14. The van der Waals surface area contributed by atoms with Crippen LogP contribution >= 0.6 is 0 Å². The second-order valence-electron chi connectivity index (χ2n) is 7.01. The molecule has 1 aliphatic carbocycles. The third kappa shape index (κ3) is 3.65. The summed E-state index contributed by atoms with van der Waals surface area (Å²) in [5, 5.41) is 2.18. The fraction of sp³-hybridized carbons (Fsp3) is 0.261. The monoisotopic (exact) mass is 363 g/mol. The van der Waals surface area contributed by atoms with E-state index in [1.807, 2.05) is 79.7 Å². The third-order valence-corrected chi connectivity index (χ3v) is 5.14. The number of benzene rings is 3. The van der Waals surface area contributed by atoms with Crippen molar-refractivity contribution < 1.29 is 13.9 Å². The van der Waals surface area contributed by atoms with Gasteiger partial charge >= 0.3 is 6.09 Å². The minimum absolute atomic E-state index is 0.183. The summed E-state index contributed by atoms with van der Waals surface area (Å²) in [6.07, 6.45) is -1.08. The van der Waals surface area contributed by atoms with Gasteiger partial charge in [0, 0.05) is 6.42 Å². The van der Waals surface area contributed by atoms with E-state index in [9.17, 15) is 9.18 Å². The Bertz CT molecular complexity index is 938. The van der Waals surface area contributed by atoms with Gasteiger partial charge in [0.05, 0.1) is 12.1 Å².